The van der Waals surface area contributed by atoms with E-state index in [4.69, 9.17) is 4.98 Å². The number of aromatic nitrogens is 5. The van der Waals surface area contributed by atoms with E-state index in [1.54, 1.807) is 12.5 Å². The molecule has 44 heavy (non-hydrogen) atoms. The zero-order valence-electron chi connectivity index (χ0n) is 23.5. The highest BCUT2D eigenvalue weighted by Gasteiger charge is 2.31. The summed E-state index contributed by atoms with van der Waals surface area (Å²) in [4.78, 5) is 13.9. The van der Waals surface area contributed by atoms with Crippen LogP contribution < -0.4 is 0 Å². The monoisotopic (exact) mass is 561 g/mol. The van der Waals surface area contributed by atoms with Crippen LogP contribution >= 0.6 is 0 Å². The summed E-state index contributed by atoms with van der Waals surface area (Å²) in [6.07, 6.45) is 3.20. The molecule has 9 rings (SSSR count). The Morgan fingerprint density at radius 1 is 0.409 bits per heavy atom. The Morgan fingerprint density at radius 3 is 1.66 bits per heavy atom. The molecule has 0 amide bonds. The van der Waals surface area contributed by atoms with Gasteiger partial charge in [0.15, 0.2) is 11.6 Å². The Morgan fingerprint density at radius 2 is 1.00 bits per heavy atom. The normalized spacial score (nSPS) is 11.6. The van der Waals surface area contributed by atoms with E-state index in [0.717, 1.165) is 10.9 Å². The van der Waals surface area contributed by atoms with E-state index < -0.39 is 0 Å². The molecule has 0 bridgehead atoms. The molecule has 0 atom stereocenters. The molecule has 0 N–H and O–H groups in total. The molecule has 0 aliphatic heterocycles. The molecule has 2 heterocycles. The summed E-state index contributed by atoms with van der Waals surface area (Å²) in [5, 5.41) is 13.0. The standard InChI is InChI=1S/C39H23N5/c1-3-11-24(12-4-1)33-26-15-7-8-16-27(26)34(25-13-5-2-6-14-25)37-31-21-20-29(28-17-9-18-30(35(28)31)36(33)37)38-40-23-41-39(43-38)32-19-10-22-42-44-32/h1-23H. The lowest BCUT2D eigenvalue weighted by Crippen LogP contribution is -1.98. The fraction of sp³-hybridized carbons (Fsp3) is 0. The molecule has 5 nitrogen and oxygen atoms in total. The average Bonchev–Trinajstić information content (AvgIpc) is 3.43. The van der Waals surface area contributed by atoms with Gasteiger partial charge < -0.3 is 0 Å². The highest BCUT2D eigenvalue weighted by molar-refractivity contribution is 6.28. The summed E-state index contributed by atoms with van der Waals surface area (Å²) < 4.78 is 0. The lowest BCUT2D eigenvalue weighted by Gasteiger charge is -2.20. The smallest absolute Gasteiger partial charge is 0.183 e. The van der Waals surface area contributed by atoms with Crippen LogP contribution in [0.25, 0.3) is 89.0 Å². The van der Waals surface area contributed by atoms with Crippen LogP contribution in [0.15, 0.2) is 140 Å². The topological polar surface area (TPSA) is 64.5 Å². The van der Waals surface area contributed by atoms with Crippen molar-refractivity contribution in [3.8, 4) is 67.4 Å². The van der Waals surface area contributed by atoms with Crippen molar-refractivity contribution in [2.45, 2.75) is 0 Å². The molecule has 0 saturated carbocycles. The third kappa shape index (κ3) is 3.63. The molecular formula is C39H23N5. The maximum Gasteiger partial charge on any atom is 0.183 e. The van der Waals surface area contributed by atoms with Gasteiger partial charge in [-0.25, -0.2) is 15.0 Å². The number of nitrogens with zero attached hydrogens (tertiary/aromatic N) is 5. The molecular weight excluding hydrogens is 538 g/mol. The van der Waals surface area contributed by atoms with Crippen molar-refractivity contribution in [1.29, 1.82) is 0 Å². The second-order valence-electron chi connectivity index (χ2n) is 10.9. The first-order valence-corrected chi connectivity index (χ1v) is 14.6. The zero-order valence-corrected chi connectivity index (χ0v) is 23.5. The highest BCUT2D eigenvalue weighted by atomic mass is 15.1. The second-order valence-corrected chi connectivity index (χ2v) is 10.9. The Hall–Kier alpha value is -6.07. The van der Waals surface area contributed by atoms with Gasteiger partial charge in [0.2, 0.25) is 0 Å². The van der Waals surface area contributed by atoms with Crippen LogP contribution in [-0.4, -0.2) is 25.1 Å². The van der Waals surface area contributed by atoms with Crippen molar-refractivity contribution in [1.82, 2.24) is 25.1 Å². The Bertz CT molecular complexity index is 2280. The van der Waals surface area contributed by atoms with Gasteiger partial charge in [0.05, 0.1) is 0 Å². The van der Waals surface area contributed by atoms with Gasteiger partial charge in [0.25, 0.3) is 0 Å². The highest BCUT2D eigenvalue weighted by Crippen LogP contribution is 2.58. The molecule has 204 valence electrons. The zero-order chi connectivity index (χ0) is 29.0. The summed E-state index contributed by atoms with van der Waals surface area (Å²) in [5.74, 6) is 1.11. The molecule has 1 aliphatic carbocycles. The Labute approximate surface area is 253 Å². The van der Waals surface area contributed by atoms with Crippen molar-refractivity contribution in [3.05, 3.63) is 140 Å². The van der Waals surface area contributed by atoms with Crippen LogP contribution in [0, 0.1) is 0 Å². The minimum absolute atomic E-state index is 0.499. The van der Waals surface area contributed by atoms with Crippen LogP contribution in [0.3, 0.4) is 0 Å². The number of fused-ring (bicyclic) bond motifs is 4. The summed E-state index contributed by atoms with van der Waals surface area (Å²) in [7, 11) is 0. The second kappa shape index (κ2) is 9.75. The largest absolute Gasteiger partial charge is 0.216 e. The van der Waals surface area contributed by atoms with Crippen molar-refractivity contribution in [2.24, 2.45) is 0 Å². The van der Waals surface area contributed by atoms with E-state index in [9.17, 15) is 0 Å². The average molecular weight is 562 g/mol. The van der Waals surface area contributed by atoms with Crippen molar-refractivity contribution in [2.75, 3.05) is 0 Å². The summed E-state index contributed by atoms with van der Waals surface area (Å²) in [6, 6.07) is 45.0. The van der Waals surface area contributed by atoms with E-state index in [1.165, 1.54) is 60.7 Å². The summed E-state index contributed by atoms with van der Waals surface area (Å²) in [6.45, 7) is 0. The van der Waals surface area contributed by atoms with E-state index in [2.05, 4.69) is 135 Å². The minimum Gasteiger partial charge on any atom is -0.216 e. The summed E-state index contributed by atoms with van der Waals surface area (Å²) >= 11 is 0. The SMILES string of the molecule is c1ccc(-c2c3c(c(-c4ccccc4)c4ccccc24)-c2ccc(-c4ncnc(-c5cccnn5)n4)c4cccc-3c24)cc1. The molecule has 8 aromatic rings. The van der Waals surface area contributed by atoms with Crippen molar-refractivity contribution in [3.63, 3.8) is 0 Å². The Balaban J connectivity index is 1.39. The number of benzene rings is 6. The van der Waals surface area contributed by atoms with Crippen LogP contribution in [0.4, 0.5) is 0 Å². The van der Waals surface area contributed by atoms with Crippen LogP contribution in [0.5, 0.6) is 0 Å². The van der Waals surface area contributed by atoms with Gasteiger partial charge in [-0.15, -0.1) is 5.10 Å². The quantitative estimate of drug-likeness (QED) is 0.214. The third-order valence-electron chi connectivity index (χ3n) is 8.53. The van der Waals surface area contributed by atoms with Crippen molar-refractivity contribution >= 4 is 21.5 Å². The predicted octanol–water partition coefficient (Wildman–Crippen LogP) is 9.28. The molecule has 2 aromatic heterocycles. The molecule has 0 spiro atoms. The van der Waals surface area contributed by atoms with Gasteiger partial charge >= 0.3 is 0 Å². The number of hydrogen-bond acceptors (Lipinski definition) is 5. The van der Waals surface area contributed by atoms with Gasteiger partial charge in [-0.3, -0.25) is 0 Å². The molecule has 5 heteroatoms. The van der Waals surface area contributed by atoms with E-state index in [0.29, 0.717) is 17.3 Å². The first-order chi connectivity index (χ1) is 21.9. The lowest BCUT2D eigenvalue weighted by atomic mass is 9.82. The molecule has 0 radical (unpaired) electrons. The first-order valence-electron chi connectivity index (χ1n) is 14.6. The van der Waals surface area contributed by atoms with Gasteiger partial charge in [-0.1, -0.05) is 109 Å². The van der Waals surface area contributed by atoms with Gasteiger partial charge in [0, 0.05) is 11.8 Å². The molecule has 6 aromatic carbocycles. The predicted molar refractivity (Wildman–Crippen MR) is 177 cm³/mol. The molecule has 0 saturated heterocycles. The van der Waals surface area contributed by atoms with Gasteiger partial charge in [-0.2, -0.15) is 5.10 Å². The van der Waals surface area contributed by atoms with Gasteiger partial charge in [-0.05, 0) is 84.3 Å². The molecule has 1 aliphatic rings. The minimum atomic E-state index is 0.499. The van der Waals surface area contributed by atoms with Crippen LogP contribution in [-0.2, 0) is 0 Å². The Kier molecular flexibility index (Phi) is 5.43. The maximum atomic E-state index is 4.84. The maximum absolute atomic E-state index is 4.84. The number of hydrogen-bond donors (Lipinski definition) is 0. The van der Waals surface area contributed by atoms with E-state index in [-0.39, 0.29) is 0 Å². The van der Waals surface area contributed by atoms with Crippen LogP contribution in [0.1, 0.15) is 0 Å². The molecule has 0 fully saturated rings. The van der Waals surface area contributed by atoms with Crippen molar-refractivity contribution < 1.29 is 0 Å². The fourth-order valence-electron chi connectivity index (χ4n) is 6.78. The molecule has 0 unspecified atom stereocenters. The number of rotatable bonds is 4. The van der Waals surface area contributed by atoms with E-state index >= 15 is 0 Å². The third-order valence-corrected chi connectivity index (χ3v) is 8.53. The van der Waals surface area contributed by atoms with Gasteiger partial charge in [0.1, 0.15) is 12.0 Å². The fourth-order valence-corrected chi connectivity index (χ4v) is 6.78. The lowest BCUT2D eigenvalue weighted by molar-refractivity contribution is 0.992. The van der Waals surface area contributed by atoms with E-state index in [1.807, 2.05) is 12.1 Å². The summed E-state index contributed by atoms with van der Waals surface area (Å²) in [5.41, 5.74) is 11.5. The first kappa shape index (κ1) is 24.5. The van der Waals surface area contributed by atoms with Crippen LogP contribution in [0.2, 0.25) is 0 Å².